The van der Waals surface area contributed by atoms with Gasteiger partial charge in [-0.3, -0.25) is 19.0 Å². The van der Waals surface area contributed by atoms with E-state index in [9.17, 15) is 14.4 Å². The topological polar surface area (TPSA) is 132 Å². The monoisotopic (exact) mass is 482 g/mol. The largest absolute Gasteiger partial charge is 0.463 e. The molecule has 0 saturated carbocycles. The van der Waals surface area contributed by atoms with Crippen molar-refractivity contribution in [3.63, 3.8) is 0 Å². The first-order valence-electron chi connectivity index (χ1n) is 11.0. The highest BCUT2D eigenvalue weighted by molar-refractivity contribution is 5.87. The van der Waals surface area contributed by atoms with Gasteiger partial charge in [0.15, 0.2) is 24.1 Å². The molecule has 1 aromatic carbocycles. The summed E-state index contributed by atoms with van der Waals surface area (Å²) in [4.78, 5) is 48.5. The van der Waals surface area contributed by atoms with Gasteiger partial charge in [-0.15, -0.1) is 0 Å². The number of rotatable bonds is 6. The summed E-state index contributed by atoms with van der Waals surface area (Å²) < 4.78 is 23.8. The Morgan fingerprint density at radius 1 is 0.914 bits per heavy atom. The van der Waals surface area contributed by atoms with Crippen LogP contribution in [0.1, 0.15) is 38.1 Å². The molecule has 0 radical (unpaired) electrons. The number of carbonyl (C=O) groups excluding carboxylic acids is 3. The van der Waals surface area contributed by atoms with Crippen LogP contribution in [-0.4, -0.2) is 62.3 Å². The van der Waals surface area contributed by atoms with E-state index in [1.54, 1.807) is 4.57 Å². The SMILES string of the molecule is CC(=O)OC[C@H]1O[C@@H](n2cnc3c(-c4cc(C)cc(C)c4)ncnc32)C(OC(C)=O)C1OC(C)=O. The molecular weight excluding hydrogens is 456 g/mol. The molecule has 0 bridgehead atoms. The first-order valence-corrected chi connectivity index (χ1v) is 11.0. The number of nitrogens with zero attached hydrogens (tertiary/aromatic N) is 4. The van der Waals surface area contributed by atoms with Gasteiger partial charge in [-0.2, -0.15) is 0 Å². The summed E-state index contributed by atoms with van der Waals surface area (Å²) in [6, 6.07) is 6.08. The molecule has 1 aliphatic heterocycles. The summed E-state index contributed by atoms with van der Waals surface area (Å²) in [5, 5.41) is 0. The van der Waals surface area contributed by atoms with Gasteiger partial charge in [-0.25, -0.2) is 15.0 Å². The maximum Gasteiger partial charge on any atom is 0.303 e. The van der Waals surface area contributed by atoms with Crippen molar-refractivity contribution in [3.05, 3.63) is 42.0 Å². The molecule has 0 spiro atoms. The van der Waals surface area contributed by atoms with Gasteiger partial charge in [0.2, 0.25) is 0 Å². The Labute approximate surface area is 201 Å². The molecule has 11 nitrogen and oxygen atoms in total. The second-order valence-corrected chi connectivity index (χ2v) is 8.44. The van der Waals surface area contributed by atoms with E-state index in [0.29, 0.717) is 16.9 Å². The predicted octanol–water partition coefficient (Wildman–Crippen LogP) is 2.43. The molecule has 3 aromatic rings. The normalized spacial score (nSPS) is 21.6. The number of fused-ring (bicyclic) bond motifs is 1. The number of aryl methyl sites for hydroxylation is 2. The maximum absolute atomic E-state index is 11.9. The lowest BCUT2D eigenvalue weighted by molar-refractivity contribution is -0.166. The van der Waals surface area contributed by atoms with Crippen LogP contribution >= 0.6 is 0 Å². The number of esters is 3. The van der Waals surface area contributed by atoms with E-state index in [1.165, 1.54) is 33.4 Å². The summed E-state index contributed by atoms with van der Waals surface area (Å²) in [5.74, 6) is -1.72. The number of ether oxygens (including phenoxy) is 4. The van der Waals surface area contributed by atoms with E-state index < -0.39 is 42.4 Å². The fourth-order valence-corrected chi connectivity index (χ4v) is 4.28. The molecule has 2 aromatic heterocycles. The minimum atomic E-state index is -1.03. The molecule has 0 N–H and O–H groups in total. The molecule has 184 valence electrons. The van der Waals surface area contributed by atoms with E-state index in [0.717, 1.165) is 16.7 Å². The molecular formula is C24H26N4O7. The van der Waals surface area contributed by atoms with Gasteiger partial charge < -0.3 is 18.9 Å². The fourth-order valence-electron chi connectivity index (χ4n) is 4.28. The molecule has 4 atom stereocenters. The molecule has 3 heterocycles. The second-order valence-electron chi connectivity index (χ2n) is 8.44. The Kier molecular flexibility index (Phi) is 6.79. The molecule has 1 fully saturated rings. The van der Waals surface area contributed by atoms with E-state index in [4.69, 9.17) is 18.9 Å². The summed E-state index contributed by atoms with van der Waals surface area (Å²) in [6.45, 7) is 7.54. The summed E-state index contributed by atoms with van der Waals surface area (Å²) in [7, 11) is 0. The second kappa shape index (κ2) is 9.79. The Hall–Kier alpha value is -3.86. The molecule has 4 rings (SSSR count). The third-order valence-corrected chi connectivity index (χ3v) is 5.47. The van der Waals surface area contributed by atoms with Crippen molar-refractivity contribution in [1.29, 1.82) is 0 Å². The molecule has 0 aliphatic carbocycles. The lowest BCUT2D eigenvalue weighted by atomic mass is 10.0. The van der Waals surface area contributed by atoms with E-state index in [2.05, 4.69) is 21.0 Å². The van der Waals surface area contributed by atoms with E-state index >= 15 is 0 Å². The minimum absolute atomic E-state index is 0.197. The third kappa shape index (κ3) is 5.14. The maximum atomic E-state index is 11.9. The number of benzene rings is 1. The summed E-state index contributed by atoms with van der Waals surface area (Å²) in [5.41, 5.74) is 4.64. The number of hydrogen-bond donors (Lipinski definition) is 0. The van der Waals surface area contributed by atoms with Crippen LogP contribution in [0, 0.1) is 13.8 Å². The zero-order valence-corrected chi connectivity index (χ0v) is 20.0. The number of aromatic nitrogens is 4. The van der Waals surface area contributed by atoms with E-state index in [1.807, 2.05) is 26.0 Å². The van der Waals surface area contributed by atoms with Gasteiger partial charge in [-0.1, -0.05) is 17.2 Å². The van der Waals surface area contributed by atoms with Gasteiger partial charge in [0.1, 0.15) is 30.2 Å². The van der Waals surface area contributed by atoms with Gasteiger partial charge in [0.25, 0.3) is 0 Å². The zero-order valence-electron chi connectivity index (χ0n) is 20.0. The lowest BCUT2D eigenvalue weighted by Crippen LogP contribution is -2.40. The summed E-state index contributed by atoms with van der Waals surface area (Å²) in [6.07, 6.45) is -0.950. The Bertz CT molecular complexity index is 1270. The van der Waals surface area contributed by atoms with Crippen molar-refractivity contribution < 1.29 is 33.3 Å². The minimum Gasteiger partial charge on any atom is -0.463 e. The van der Waals surface area contributed by atoms with Crippen LogP contribution in [0.15, 0.2) is 30.9 Å². The van der Waals surface area contributed by atoms with Crippen LogP contribution < -0.4 is 0 Å². The lowest BCUT2D eigenvalue weighted by Gasteiger charge is -2.23. The smallest absolute Gasteiger partial charge is 0.303 e. The van der Waals surface area contributed by atoms with Crippen molar-refractivity contribution >= 4 is 29.1 Å². The number of imidazole rings is 1. The molecule has 2 unspecified atom stereocenters. The highest BCUT2D eigenvalue weighted by Crippen LogP contribution is 2.37. The molecule has 11 heteroatoms. The standard InChI is InChI=1S/C24H26N4O7/c1-12-6-13(2)8-17(7-12)19-20-23(26-10-25-19)28(11-27-20)24-22(34-16(5)31)21(33-15(4)30)18(35-24)9-32-14(3)29/h6-8,10-11,18,21-22,24H,9H2,1-5H3/t18-,21?,22?,24-/m1/s1. The van der Waals surface area contributed by atoms with Gasteiger partial charge in [-0.05, 0) is 26.0 Å². The first-order chi connectivity index (χ1) is 16.6. The van der Waals surface area contributed by atoms with Gasteiger partial charge >= 0.3 is 17.9 Å². The van der Waals surface area contributed by atoms with E-state index in [-0.39, 0.29) is 6.61 Å². The fraction of sp³-hybridized carbons (Fsp3) is 0.417. The Morgan fingerprint density at radius 2 is 1.57 bits per heavy atom. The van der Waals surface area contributed by atoms with Crippen LogP contribution in [-0.2, 0) is 33.3 Å². The van der Waals surface area contributed by atoms with Crippen molar-refractivity contribution in [1.82, 2.24) is 19.5 Å². The average molecular weight is 482 g/mol. The van der Waals surface area contributed by atoms with Crippen LogP contribution in [0.2, 0.25) is 0 Å². The Morgan fingerprint density at radius 3 is 2.20 bits per heavy atom. The third-order valence-electron chi connectivity index (χ3n) is 5.47. The highest BCUT2D eigenvalue weighted by Gasteiger charge is 2.51. The van der Waals surface area contributed by atoms with Gasteiger partial charge in [0, 0.05) is 26.3 Å². The van der Waals surface area contributed by atoms with Crippen LogP contribution in [0.25, 0.3) is 22.4 Å². The summed E-state index contributed by atoms with van der Waals surface area (Å²) >= 11 is 0. The highest BCUT2D eigenvalue weighted by atomic mass is 16.7. The first kappa shape index (κ1) is 24.3. The van der Waals surface area contributed by atoms with Crippen molar-refractivity contribution in [2.75, 3.05) is 6.61 Å². The molecule has 0 amide bonds. The number of hydrogen-bond acceptors (Lipinski definition) is 10. The number of carbonyl (C=O) groups is 3. The Balaban J connectivity index is 1.78. The van der Waals surface area contributed by atoms with Crippen LogP contribution in [0.4, 0.5) is 0 Å². The van der Waals surface area contributed by atoms with Crippen molar-refractivity contribution in [2.45, 2.75) is 59.2 Å². The van der Waals surface area contributed by atoms with Gasteiger partial charge in [0.05, 0.1) is 6.33 Å². The zero-order chi connectivity index (χ0) is 25.3. The predicted molar refractivity (Wildman–Crippen MR) is 122 cm³/mol. The molecule has 35 heavy (non-hydrogen) atoms. The molecule has 1 saturated heterocycles. The molecule has 1 aliphatic rings. The van der Waals surface area contributed by atoms with Crippen molar-refractivity contribution in [2.24, 2.45) is 0 Å². The quantitative estimate of drug-likeness (QED) is 0.381. The van der Waals surface area contributed by atoms with Crippen LogP contribution in [0.5, 0.6) is 0 Å². The van der Waals surface area contributed by atoms with Crippen LogP contribution in [0.3, 0.4) is 0 Å². The van der Waals surface area contributed by atoms with Crippen molar-refractivity contribution in [3.8, 4) is 11.3 Å². The average Bonchev–Trinajstić information content (AvgIpc) is 3.32.